The van der Waals surface area contributed by atoms with E-state index >= 15 is 0 Å². The van der Waals surface area contributed by atoms with Crippen LogP contribution < -0.4 is 5.32 Å². The summed E-state index contributed by atoms with van der Waals surface area (Å²) in [5.74, 6) is 0.199. The van der Waals surface area contributed by atoms with Gasteiger partial charge in [0, 0.05) is 41.8 Å². The molecule has 1 amide bonds. The molecule has 2 aromatic rings. The molecule has 0 aliphatic carbocycles. The highest BCUT2D eigenvalue weighted by Crippen LogP contribution is 2.21. The van der Waals surface area contributed by atoms with E-state index in [0.717, 1.165) is 47.4 Å². The lowest BCUT2D eigenvalue weighted by Crippen LogP contribution is -2.35. The Labute approximate surface area is 123 Å². The summed E-state index contributed by atoms with van der Waals surface area (Å²) in [6, 6.07) is 5.81. The predicted octanol–water partition coefficient (Wildman–Crippen LogP) is 2.53. The molecule has 4 nitrogen and oxygen atoms in total. The van der Waals surface area contributed by atoms with Crippen LogP contribution in [0.25, 0.3) is 10.9 Å². The molecule has 1 aliphatic rings. The van der Waals surface area contributed by atoms with E-state index in [0.29, 0.717) is 13.1 Å². The first-order chi connectivity index (χ1) is 9.74. The standard InChI is InChI=1S/C15H18ClN3O/c16-12-3-4-13-11(9-18-14(13)7-12)8-17-10-15(20)19-5-1-2-6-19/h3-4,7,9,17-18H,1-2,5-6,8,10H2. The molecule has 0 bridgehead atoms. The maximum atomic E-state index is 11.9. The van der Waals surface area contributed by atoms with E-state index in [1.165, 1.54) is 0 Å². The number of amides is 1. The fourth-order valence-electron chi connectivity index (χ4n) is 2.69. The van der Waals surface area contributed by atoms with Gasteiger partial charge in [-0.05, 0) is 30.5 Å². The van der Waals surface area contributed by atoms with Crippen molar-refractivity contribution in [2.45, 2.75) is 19.4 Å². The quantitative estimate of drug-likeness (QED) is 0.909. The van der Waals surface area contributed by atoms with E-state index in [2.05, 4.69) is 10.3 Å². The first kappa shape index (κ1) is 13.5. The smallest absolute Gasteiger partial charge is 0.236 e. The molecule has 0 radical (unpaired) electrons. The van der Waals surface area contributed by atoms with Gasteiger partial charge in [-0.3, -0.25) is 4.79 Å². The van der Waals surface area contributed by atoms with Crippen LogP contribution in [0.5, 0.6) is 0 Å². The van der Waals surface area contributed by atoms with Crippen molar-refractivity contribution < 1.29 is 4.79 Å². The van der Waals surface area contributed by atoms with Crippen LogP contribution in [0.1, 0.15) is 18.4 Å². The number of hydrogen-bond acceptors (Lipinski definition) is 2. The Hall–Kier alpha value is -1.52. The van der Waals surface area contributed by atoms with Gasteiger partial charge in [0.1, 0.15) is 0 Å². The largest absolute Gasteiger partial charge is 0.361 e. The summed E-state index contributed by atoms with van der Waals surface area (Å²) in [5.41, 5.74) is 2.19. The summed E-state index contributed by atoms with van der Waals surface area (Å²) in [6.45, 7) is 2.90. The predicted molar refractivity (Wildman–Crippen MR) is 80.8 cm³/mol. The van der Waals surface area contributed by atoms with Gasteiger partial charge in [-0.15, -0.1) is 0 Å². The number of carbonyl (C=O) groups is 1. The number of carbonyl (C=O) groups excluding carboxylic acids is 1. The summed E-state index contributed by atoms with van der Waals surface area (Å²) in [6.07, 6.45) is 4.23. The SMILES string of the molecule is O=C(CNCc1c[nH]c2cc(Cl)ccc12)N1CCCC1. The third-order valence-corrected chi connectivity index (χ3v) is 4.02. The number of H-pyrrole nitrogens is 1. The number of hydrogen-bond donors (Lipinski definition) is 2. The average molecular weight is 292 g/mol. The highest BCUT2D eigenvalue weighted by atomic mass is 35.5. The van der Waals surface area contributed by atoms with Crippen LogP contribution in [0.3, 0.4) is 0 Å². The van der Waals surface area contributed by atoms with E-state index < -0.39 is 0 Å². The molecule has 0 unspecified atom stereocenters. The molecule has 1 aromatic carbocycles. The summed E-state index contributed by atoms with van der Waals surface area (Å²) < 4.78 is 0. The molecule has 0 saturated carbocycles. The number of fused-ring (bicyclic) bond motifs is 1. The molecule has 1 fully saturated rings. The van der Waals surface area contributed by atoms with Crippen LogP contribution in [0.15, 0.2) is 24.4 Å². The number of aromatic amines is 1. The number of benzene rings is 1. The highest BCUT2D eigenvalue weighted by Gasteiger charge is 2.17. The van der Waals surface area contributed by atoms with Crippen molar-refractivity contribution in [3.05, 3.63) is 35.0 Å². The summed E-state index contributed by atoms with van der Waals surface area (Å²) in [4.78, 5) is 17.1. The van der Waals surface area contributed by atoms with Crippen molar-refractivity contribution in [2.24, 2.45) is 0 Å². The second kappa shape index (κ2) is 5.85. The number of rotatable bonds is 4. The fourth-order valence-corrected chi connectivity index (χ4v) is 2.86. The van der Waals surface area contributed by atoms with Crippen molar-refractivity contribution in [3.8, 4) is 0 Å². The Bertz CT molecular complexity index is 617. The Balaban J connectivity index is 1.58. The lowest BCUT2D eigenvalue weighted by Gasteiger charge is -2.15. The van der Waals surface area contributed by atoms with E-state index in [1.54, 1.807) is 0 Å². The van der Waals surface area contributed by atoms with Crippen LogP contribution in [0.4, 0.5) is 0 Å². The molecule has 1 aliphatic heterocycles. The molecule has 0 spiro atoms. The number of aromatic nitrogens is 1. The second-order valence-electron chi connectivity index (χ2n) is 5.20. The first-order valence-electron chi connectivity index (χ1n) is 6.98. The number of likely N-dealkylation sites (tertiary alicyclic amines) is 1. The highest BCUT2D eigenvalue weighted by molar-refractivity contribution is 6.31. The summed E-state index contributed by atoms with van der Waals surface area (Å²) in [5, 5.41) is 5.10. The van der Waals surface area contributed by atoms with Crippen LogP contribution in [0, 0.1) is 0 Å². The van der Waals surface area contributed by atoms with Crippen molar-refractivity contribution in [3.63, 3.8) is 0 Å². The molecule has 106 valence electrons. The van der Waals surface area contributed by atoms with Gasteiger partial charge in [0.2, 0.25) is 5.91 Å². The Morgan fingerprint density at radius 3 is 2.95 bits per heavy atom. The van der Waals surface area contributed by atoms with Crippen LogP contribution >= 0.6 is 11.6 Å². The summed E-state index contributed by atoms with van der Waals surface area (Å²) in [7, 11) is 0. The maximum Gasteiger partial charge on any atom is 0.236 e. The third kappa shape index (κ3) is 2.81. The molecule has 1 saturated heterocycles. The van der Waals surface area contributed by atoms with E-state index in [-0.39, 0.29) is 5.91 Å². The van der Waals surface area contributed by atoms with E-state index in [1.807, 2.05) is 29.3 Å². The molecule has 20 heavy (non-hydrogen) atoms. The van der Waals surface area contributed by atoms with Crippen LogP contribution in [0.2, 0.25) is 5.02 Å². The number of nitrogens with one attached hydrogen (secondary N) is 2. The Morgan fingerprint density at radius 2 is 2.15 bits per heavy atom. The monoisotopic (exact) mass is 291 g/mol. The molecule has 1 aromatic heterocycles. The van der Waals surface area contributed by atoms with Crippen molar-refractivity contribution >= 4 is 28.4 Å². The van der Waals surface area contributed by atoms with Crippen molar-refractivity contribution in [1.82, 2.24) is 15.2 Å². The van der Waals surface area contributed by atoms with Crippen LogP contribution in [-0.2, 0) is 11.3 Å². The number of halogens is 1. The van der Waals surface area contributed by atoms with Gasteiger partial charge < -0.3 is 15.2 Å². The van der Waals surface area contributed by atoms with Gasteiger partial charge in [-0.25, -0.2) is 0 Å². The van der Waals surface area contributed by atoms with Gasteiger partial charge >= 0.3 is 0 Å². The average Bonchev–Trinajstić information content (AvgIpc) is 3.08. The zero-order chi connectivity index (χ0) is 13.9. The zero-order valence-corrected chi connectivity index (χ0v) is 12.0. The van der Waals surface area contributed by atoms with Gasteiger partial charge in [-0.2, -0.15) is 0 Å². The van der Waals surface area contributed by atoms with Gasteiger partial charge in [-0.1, -0.05) is 17.7 Å². The molecular formula is C15H18ClN3O. The maximum absolute atomic E-state index is 11.9. The summed E-state index contributed by atoms with van der Waals surface area (Å²) >= 11 is 5.96. The Kier molecular flexibility index (Phi) is 3.94. The molecule has 0 atom stereocenters. The van der Waals surface area contributed by atoms with E-state index in [9.17, 15) is 4.79 Å². The topological polar surface area (TPSA) is 48.1 Å². The van der Waals surface area contributed by atoms with Gasteiger partial charge in [0.05, 0.1) is 6.54 Å². The fraction of sp³-hybridized carbons (Fsp3) is 0.400. The van der Waals surface area contributed by atoms with Crippen molar-refractivity contribution in [1.29, 1.82) is 0 Å². The molecule has 2 heterocycles. The molecular weight excluding hydrogens is 274 g/mol. The van der Waals surface area contributed by atoms with Crippen LogP contribution in [-0.4, -0.2) is 35.4 Å². The number of nitrogens with zero attached hydrogens (tertiary/aromatic N) is 1. The second-order valence-corrected chi connectivity index (χ2v) is 5.63. The molecule has 3 rings (SSSR count). The lowest BCUT2D eigenvalue weighted by molar-refractivity contribution is -0.129. The van der Waals surface area contributed by atoms with Crippen molar-refractivity contribution in [2.75, 3.05) is 19.6 Å². The minimum atomic E-state index is 0.199. The minimum absolute atomic E-state index is 0.199. The first-order valence-corrected chi connectivity index (χ1v) is 7.36. The molecule has 5 heteroatoms. The van der Waals surface area contributed by atoms with Gasteiger partial charge in [0.25, 0.3) is 0 Å². The Morgan fingerprint density at radius 1 is 1.35 bits per heavy atom. The zero-order valence-electron chi connectivity index (χ0n) is 11.3. The van der Waals surface area contributed by atoms with E-state index in [4.69, 9.17) is 11.6 Å². The molecule has 2 N–H and O–H groups in total. The lowest BCUT2D eigenvalue weighted by atomic mass is 10.2. The van der Waals surface area contributed by atoms with Gasteiger partial charge in [0.15, 0.2) is 0 Å². The normalized spacial score (nSPS) is 15.2. The third-order valence-electron chi connectivity index (χ3n) is 3.78. The minimum Gasteiger partial charge on any atom is -0.361 e.